The number of ether oxygens (including phenoxy) is 1. The molecule has 0 aliphatic rings. The number of unbranched alkanes of at least 4 members (excludes halogenated alkanes) is 1. The molecule has 0 saturated heterocycles. The minimum atomic E-state index is -0.463. The van der Waals surface area contributed by atoms with E-state index >= 15 is 0 Å². The van der Waals surface area contributed by atoms with Crippen LogP contribution in [0.15, 0.2) is 53.6 Å². The maximum absolute atomic E-state index is 11.9. The van der Waals surface area contributed by atoms with Gasteiger partial charge in [0.2, 0.25) is 0 Å². The van der Waals surface area contributed by atoms with Crippen molar-refractivity contribution in [3.8, 4) is 11.5 Å². The molecule has 23 heavy (non-hydrogen) atoms. The number of nitrogens with zero attached hydrogens (tertiary/aromatic N) is 1. The Bertz CT molecular complexity index is 683. The average molecular weight is 312 g/mol. The Morgan fingerprint density at radius 1 is 1.26 bits per heavy atom. The van der Waals surface area contributed by atoms with Crippen molar-refractivity contribution in [3.05, 3.63) is 59.7 Å². The van der Waals surface area contributed by atoms with Gasteiger partial charge >= 0.3 is 0 Å². The lowest BCUT2D eigenvalue weighted by Gasteiger charge is -2.05. The van der Waals surface area contributed by atoms with E-state index in [9.17, 15) is 9.90 Å². The molecular formula is C18H20N2O3. The summed E-state index contributed by atoms with van der Waals surface area (Å²) < 4.78 is 5.62. The highest BCUT2D eigenvalue weighted by Gasteiger charge is 2.08. The first kappa shape index (κ1) is 16.5. The monoisotopic (exact) mass is 312 g/mol. The highest BCUT2D eigenvalue weighted by molar-refractivity contribution is 5.97. The number of phenols is 1. The molecule has 0 bridgehead atoms. The Hall–Kier alpha value is -2.82. The van der Waals surface area contributed by atoms with Crippen molar-refractivity contribution in [2.75, 3.05) is 6.61 Å². The standard InChI is InChI=1S/C18H20N2O3/c1-2-3-11-23-15-8-6-7-14(12-15)13-19-20-18(22)16-9-4-5-10-17(16)21/h4-10,12-13,21H,2-3,11H2,1H3,(H,20,22)/b19-13-. The average Bonchev–Trinajstić information content (AvgIpc) is 2.56. The summed E-state index contributed by atoms with van der Waals surface area (Å²) in [6, 6.07) is 13.8. The molecule has 0 saturated carbocycles. The van der Waals surface area contributed by atoms with Crippen LogP contribution in [0.5, 0.6) is 11.5 Å². The minimum Gasteiger partial charge on any atom is -0.507 e. The third-order valence-corrected chi connectivity index (χ3v) is 3.15. The van der Waals surface area contributed by atoms with E-state index in [0.29, 0.717) is 6.61 Å². The van der Waals surface area contributed by atoms with E-state index in [4.69, 9.17) is 4.74 Å². The van der Waals surface area contributed by atoms with Crippen molar-refractivity contribution >= 4 is 12.1 Å². The summed E-state index contributed by atoms with van der Waals surface area (Å²) in [5.74, 6) is 0.232. The fourth-order valence-electron chi connectivity index (χ4n) is 1.91. The molecule has 0 radical (unpaired) electrons. The highest BCUT2D eigenvalue weighted by atomic mass is 16.5. The largest absolute Gasteiger partial charge is 0.507 e. The molecule has 2 aromatic rings. The fraction of sp³-hybridized carbons (Fsp3) is 0.222. The lowest BCUT2D eigenvalue weighted by Crippen LogP contribution is -2.17. The van der Waals surface area contributed by atoms with Crippen molar-refractivity contribution in [2.45, 2.75) is 19.8 Å². The van der Waals surface area contributed by atoms with Crippen molar-refractivity contribution in [1.29, 1.82) is 0 Å². The van der Waals surface area contributed by atoms with Crippen molar-refractivity contribution in [3.63, 3.8) is 0 Å². The summed E-state index contributed by atoms with van der Waals surface area (Å²) >= 11 is 0. The van der Waals surface area contributed by atoms with E-state index in [1.54, 1.807) is 12.1 Å². The quantitative estimate of drug-likeness (QED) is 0.468. The molecule has 0 unspecified atom stereocenters. The summed E-state index contributed by atoms with van der Waals surface area (Å²) in [7, 11) is 0. The molecule has 120 valence electrons. The van der Waals surface area contributed by atoms with E-state index in [-0.39, 0.29) is 11.3 Å². The number of carbonyl (C=O) groups excluding carboxylic acids is 1. The molecule has 0 aliphatic heterocycles. The molecule has 0 aliphatic carbocycles. The number of rotatable bonds is 7. The van der Waals surface area contributed by atoms with Crippen LogP contribution in [0.1, 0.15) is 35.7 Å². The van der Waals surface area contributed by atoms with Gasteiger partial charge in [-0.2, -0.15) is 5.10 Å². The zero-order chi connectivity index (χ0) is 16.5. The molecule has 1 amide bonds. The van der Waals surface area contributed by atoms with Gasteiger partial charge in [-0.3, -0.25) is 4.79 Å². The predicted molar refractivity (Wildman–Crippen MR) is 90.0 cm³/mol. The summed E-state index contributed by atoms with van der Waals surface area (Å²) in [4.78, 5) is 11.9. The summed E-state index contributed by atoms with van der Waals surface area (Å²) in [5, 5.41) is 13.5. The smallest absolute Gasteiger partial charge is 0.275 e. The molecule has 5 heteroatoms. The Labute approximate surface area is 135 Å². The SMILES string of the molecule is CCCCOc1cccc(/C=N\NC(=O)c2ccccc2O)c1. The van der Waals surface area contributed by atoms with Crippen molar-refractivity contribution < 1.29 is 14.6 Å². The summed E-state index contributed by atoms with van der Waals surface area (Å²) in [6.07, 6.45) is 3.62. The van der Waals surface area contributed by atoms with E-state index in [1.807, 2.05) is 24.3 Å². The van der Waals surface area contributed by atoms with Gasteiger partial charge in [0.15, 0.2) is 0 Å². The molecule has 2 aromatic carbocycles. The van der Waals surface area contributed by atoms with Crippen LogP contribution in [0.2, 0.25) is 0 Å². The van der Waals surface area contributed by atoms with E-state index < -0.39 is 5.91 Å². The van der Waals surface area contributed by atoms with E-state index in [0.717, 1.165) is 24.2 Å². The second kappa shape index (κ2) is 8.58. The third kappa shape index (κ3) is 5.14. The van der Waals surface area contributed by atoms with Crippen LogP contribution in [-0.4, -0.2) is 23.8 Å². The lowest BCUT2D eigenvalue weighted by atomic mass is 10.2. The van der Waals surface area contributed by atoms with Gasteiger partial charge < -0.3 is 9.84 Å². The fourth-order valence-corrected chi connectivity index (χ4v) is 1.91. The Morgan fingerprint density at radius 2 is 2.09 bits per heavy atom. The number of phenolic OH excluding ortho intramolecular Hbond substituents is 1. The Morgan fingerprint density at radius 3 is 2.87 bits per heavy atom. The van der Waals surface area contributed by atoms with Crippen LogP contribution >= 0.6 is 0 Å². The predicted octanol–water partition coefficient (Wildman–Crippen LogP) is 3.34. The summed E-state index contributed by atoms with van der Waals surface area (Å²) in [5.41, 5.74) is 3.39. The zero-order valence-electron chi connectivity index (χ0n) is 13.0. The first-order valence-corrected chi connectivity index (χ1v) is 7.55. The van der Waals surface area contributed by atoms with Gasteiger partial charge in [0.1, 0.15) is 11.5 Å². The van der Waals surface area contributed by atoms with Gasteiger partial charge in [-0.25, -0.2) is 5.43 Å². The Balaban J connectivity index is 1.94. The minimum absolute atomic E-state index is 0.0773. The van der Waals surface area contributed by atoms with Crippen LogP contribution in [0.3, 0.4) is 0 Å². The van der Waals surface area contributed by atoms with Gasteiger partial charge in [-0.05, 0) is 36.2 Å². The number of hydrogen-bond donors (Lipinski definition) is 2. The Kier molecular flexibility index (Phi) is 6.17. The van der Waals surface area contributed by atoms with Crippen molar-refractivity contribution in [2.24, 2.45) is 5.10 Å². The van der Waals surface area contributed by atoms with Crippen LogP contribution in [-0.2, 0) is 0 Å². The van der Waals surface area contributed by atoms with Crippen molar-refractivity contribution in [1.82, 2.24) is 5.43 Å². The second-order valence-electron chi connectivity index (χ2n) is 4.99. The maximum atomic E-state index is 11.9. The van der Waals surface area contributed by atoms with E-state index in [1.165, 1.54) is 18.3 Å². The van der Waals surface area contributed by atoms with Gasteiger partial charge in [-0.15, -0.1) is 0 Å². The number of carbonyl (C=O) groups is 1. The number of hydrogen-bond acceptors (Lipinski definition) is 4. The van der Waals surface area contributed by atoms with E-state index in [2.05, 4.69) is 17.5 Å². The van der Waals surface area contributed by atoms with Gasteiger partial charge in [0.05, 0.1) is 18.4 Å². The third-order valence-electron chi connectivity index (χ3n) is 3.15. The molecule has 0 atom stereocenters. The molecule has 2 N–H and O–H groups in total. The van der Waals surface area contributed by atoms with Gasteiger partial charge in [0.25, 0.3) is 5.91 Å². The number of nitrogens with one attached hydrogen (secondary N) is 1. The number of para-hydroxylation sites is 1. The molecule has 5 nitrogen and oxygen atoms in total. The number of amides is 1. The first-order valence-electron chi connectivity index (χ1n) is 7.55. The number of benzene rings is 2. The molecule has 0 aromatic heterocycles. The van der Waals surface area contributed by atoms with Gasteiger partial charge in [0, 0.05) is 0 Å². The maximum Gasteiger partial charge on any atom is 0.275 e. The van der Waals surface area contributed by atoms with Crippen LogP contribution < -0.4 is 10.2 Å². The molecular weight excluding hydrogens is 292 g/mol. The molecule has 0 heterocycles. The van der Waals surface area contributed by atoms with Crippen LogP contribution in [0.4, 0.5) is 0 Å². The zero-order valence-corrected chi connectivity index (χ0v) is 13.0. The summed E-state index contributed by atoms with van der Waals surface area (Å²) in [6.45, 7) is 2.79. The second-order valence-corrected chi connectivity index (χ2v) is 4.99. The van der Waals surface area contributed by atoms with Crippen LogP contribution in [0, 0.1) is 0 Å². The molecule has 2 rings (SSSR count). The topological polar surface area (TPSA) is 70.9 Å². The normalized spacial score (nSPS) is 10.7. The highest BCUT2D eigenvalue weighted by Crippen LogP contribution is 2.15. The molecule has 0 spiro atoms. The number of hydrazone groups is 1. The van der Waals surface area contributed by atoms with Gasteiger partial charge in [-0.1, -0.05) is 37.6 Å². The lowest BCUT2D eigenvalue weighted by molar-refractivity contribution is 0.0952. The van der Waals surface area contributed by atoms with Crippen LogP contribution in [0.25, 0.3) is 0 Å². The number of aromatic hydroxyl groups is 1. The first-order chi connectivity index (χ1) is 11.2. The molecule has 0 fully saturated rings.